The molecule has 1 aromatic heterocycles. The second-order valence-electron chi connectivity index (χ2n) is 3.73. The number of nitrogens with zero attached hydrogens (tertiary/aromatic N) is 1. The molecule has 15 heavy (non-hydrogen) atoms. The molecule has 0 aliphatic rings. The highest BCUT2D eigenvalue weighted by Crippen LogP contribution is 2.27. The first-order valence-corrected chi connectivity index (χ1v) is 5.85. The molecule has 78 valence electrons. The largest absolute Gasteiger partial charge is 0.271 e. The van der Waals surface area contributed by atoms with Crippen LogP contribution in [0, 0.1) is 0 Å². The minimum Gasteiger partial charge on any atom is -0.271 e. The highest BCUT2D eigenvalue weighted by Gasteiger charge is 2.05. The van der Waals surface area contributed by atoms with E-state index in [4.69, 9.17) is 0 Å². The molecule has 0 bridgehead atoms. The van der Waals surface area contributed by atoms with Gasteiger partial charge in [0, 0.05) is 4.90 Å². The zero-order valence-corrected chi connectivity index (χ0v) is 9.71. The number of aromatic nitrogens is 2. The first-order valence-electron chi connectivity index (χ1n) is 5.04. The van der Waals surface area contributed by atoms with Gasteiger partial charge in [-0.3, -0.25) is 5.10 Å². The third-order valence-corrected chi connectivity index (χ3v) is 3.07. The van der Waals surface area contributed by atoms with Crippen molar-refractivity contribution in [2.24, 2.45) is 0 Å². The van der Waals surface area contributed by atoms with Crippen LogP contribution in [0.5, 0.6) is 0 Å². The molecule has 1 heterocycles. The lowest BCUT2D eigenvalue weighted by Gasteiger charge is -1.96. The average molecular weight is 218 g/mol. The fraction of sp³-hybridized carbons (Fsp3) is 0.250. The van der Waals surface area contributed by atoms with Crippen LogP contribution in [0.4, 0.5) is 0 Å². The molecule has 0 amide bonds. The maximum atomic E-state index is 4.27. The monoisotopic (exact) mass is 218 g/mol. The van der Waals surface area contributed by atoms with E-state index in [2.05, 4.69) is 42.2 Å². The molecule has 0 atom stereocenters. The standard InChI is InChI=1S/C12H14N2S/c1-9(2)11-8-12(14-13-11)15-10-6-4-3-5-7-10/h3-9H,1-2H3,(H,13,14). The number of hydrogen-bond acceptors (Lipinski definition) is 2. The van der Waals surface area contributed by atoms with Crippen LogP contribution in [0.15, 0.2) is 46.3 Å². The van der Waals surface area contributed by atoms with Crippen LogP contribution >= 0.6 is 11.8 Å². The van der Waals surface area contributed by atoms with Gasteiger partial charge in [0.2, 0.25) is 0 Å². The Hall–Kier alpha value is -1.22. The molecule has 2 aromatic rings. The lowest BCUT2D eigenvalue weighted by molar-refractivity contribution is 0.808. The molecule has 2 rings (SSSR count). The number of nitrogens with one attached hydrogen (secondary N) is 1. The van der Waals surface area contributed by atoms with Crippen molar-refractivity contribution < 1.29 is 0 Å². The van der Waals surface area contributed by atoms with E-state index in [1.807, 2.05) is 18.2 Å². The van der Waals surface area contributed by atoms with Gasteiger partial charge >= 0.3 is 0 Å². The summed E-state index contributed by atoms with van der Waals surface area (Å²) in [5.74, 6) is 0.478. The maximum absolute atomic E-state index is 4.27. The summed E-state index contributed by atoms with van der Waals surface area (Å²) in [6.07, 6.45) is 0. The van der Waals surface area contributed by atoms with Crippen LogP contribution in [-0.4, -0.2) is 10.2 Å². The van der Waals surface area contributed by atoms with Crippen LogP contribution in [-0.2, 0) is 0 Å². The molecular weight excluding hydrogens is 204 g/mol. The van der Waals surface area contributed by atoms with Gasteiger partial charge in [0.15, 0.2) is 0 Å². The van der Waals surface area contributed by atoms with Gasteiger partial charge in [0.05, 0.1) is 10.7 Å². The normalized spacial score (nSPS) is 10.9. The van der Waals surface area contributed by atoms with Crippen molar-refractivity contribution in [3.63, 3.8) is 0 Å². The van der Waals surface area contributed by atoms with E-state index < -0.39 is 0 Å². The summed E-state index contributed by atoms with van der Waals surface area (Å²) in [6, 6.07) is 12.4. The maximum Gasteiger partial charge on any atom is 0.0958 e. The topological polar surface area (TPSA) is 28.7 Å². The molecule has 3 heteroatoms. The molecular formula is C12H14N2S. The van der Waals surface area contributed by atoms with Crippen LogP contribution in [0.2, 0.25) is 0 Å². The zero-order chi connectivity index (χ0) is 10.7. The first kappa shape index (κ1) is 10.3. The van der Waals surface area contributed by atoms with Crippen molar-refractivity contribution in [1.29, 1.82) is 0 Å². The van der Waals surface area contributed by atoms with Gasteiger partial charge in [-0.15, -0.1) is 0 Å². The smallest absolute Gasteiger partial charge is 0.0958 e. The summed E-state index contributed by atoms with van der Waals surface area (Å²) >= 11 is 1.71. The van der Waals surface area contributed by atoms with Gasteiger partial charge in [-0.1, -0.05) is 43.8 Å². The number of rotatable bonds is 3. The van der Waals surface area contributed by atoms with E-state index >= 15 is 0 Å². The summed E-state index contributed by atoms with van der Waals surface area (Å²) in [6.45, 7) is 4.29. The van der Waals surface area contributed by atoms with Crippen LogP contribution in [0.3, 0.4) is 0 Å². The number of benzene rings is 1. The van der Waals surface area contributed by atoms with E-state index in [9.17, 15) is 0 Å². The number of aromatic amines is 1. The molecule has 1 aromatic carbocycles. The van der Waals surface area contributed by atoms with Gasteiger partial charge in [0.25, 0.3) is 0 Å². The van der Waals surface area contributed by atoms with Gasteiger partial charge < -0.3 is 0 Å². The van der Waals surface area contributed by atoms with Gasteiger partial charge in [-0.05, 0) is 24.1 Å². The molecule has 2 nitrogen and oxygen atoms in total. The van der Waals surface area contributed by atoms with Crippen molar-refractivity contribution in [2.45, 2.75) is 29.7 Å². The minimum atomic E-state index is 0.478. The van der Waals surface area contributed by atoms with Crippen LogP contribution in [0.25, 0.3) is 0 Å². The number of H-pyrrole nitrogens is 1. The second kappa shape index (κ2) is 4.53. The minimum absolute atomic E-state index is 0.478. The van der Waals surface area contributed by atoms with Gasteiger partial charge in [0.1, 0.15) is 0 Å². The van der Waals surface area contributed by atoms with Crippen molar-refractivity contribution in [2.75, 3.05) is 0 Å². The molecule has 0 fully saturated rings. The quantitative estimate of drug-likeness (QED) is 0.851. The van der Waals surface area contributed by atoms with E-state index in [0.29, 0.717) is 5.92 Å². The first-order chi connectivity index (χ1) is 7.25. The van der Waals surface area contributed by atoms with Crippen molar-refractivity contribution in [1.82, 2.24) is 10.2 Å². The van der Waals surface area contributed by atoms with Crippen LogP contribution in [0.1, 0.15) is 25.5 Å². The fourth-order valence-electron chi connectivity index (χ4n) is 1.28. The van der Waals surface area contributed by atoms with E-state index in [1.165, 1.54) is 4.90 Å². The lowest BCUT2D eigenvalue weighted by atomic mass is 10.1. The third kappa shape index (κ3) is 2.63. The Labute approximate surface area is 94.1 Å². The van der Waals surface area contributed by atoms with Crippen molar-refractivity contribution in [3.8, 4) is 0 Å². The van der Waals surface area contributed by atoms with Crippen molar-refractivity contribution in [3.05, 3.63) is 42.1 Å². The van der Waals surface area contributed by atoms with Crippen molar-refractivity contribution >= 4 is 11.8 Å². The number of hydrogen-bond donors (Lipinski definition) is 1. The summed E-state index contributed by atoms with van der Waals surface area (Å²) in [5, 5.41) is 8.42. The summed E-state index contributed by atoms with van der Waals surface area (Å²) in [5.41, 5.74) is 1.12. The highest BCUT2D eigenvalue weighted by molar-refractivity contribution is 7.99. The van der Waals surface area contributed by atoms with Gasteiger partial charge in [-0.2, -0.15) is 5.10 Å². The molecule has 1 N–H and O–H groups in total. The molecule has 0 spiro atoms. The molecule has 0 saturated heterocycles. The fourth-order valence-corrected chi connectivity index (χ4v) is 2.10. The van der Waals surface area contributed by atoms with Crippen LogP contribution < -0.4 is 0 Å². The molecule has 0 saturated carbocycles. The Morgan fingerprint density at radius 2 is 1.93 bits per heavy atom. The SMILES string of the molecule is CC(C)c1cc(Sc2ccccc2)[nH]n1. The highest BCUT2D eigenvalue weighted by atomic mass is 32.2. The summed E-state index contributed by atoms with van der Waals surface area (Å²) < 4.78 is 0. The van der Waals surface area contributed by atoms with E-state index in [0.717, 1.165) is 10.7 Å². The Morgan fingerprint density at radius 1 is 1.20 bits per heavy atom. The third-order valence-electron chi connectivity index (χ3n) is 2.14. The predicted molar refractivity (Wildman–Crippen MR) is 63.2 cm³/mol. The van der Waals surface area contributed by atoms with E-state index in [1.54, 1.807) is 11.8 Å². The van der Waals surface area contributed by atoms with E-state index in [-0.39, 0.29) is 0 Å². The summed E-state index contributed by atoms with van der Waals surface area (Å²) in [7, 11) is 0. The zero-order valence-electron chi connectivity index (χ0n) is 8.90. The molecule has 0 radical (unpaired) electrons. The summed E-state index contributed by atoms with van der Waals surface area (Å²) in [4.78, 5) is 1.23. The predicted octanol–water partition coefficient (Wildman–Crippen LogP) is 3.68. The van der Waals surface area contributed by atoms with Gasteiger partial charge in [-0.25, -0.2) is 0 Å². The second-order valence-corrected chi connectivity index (χ2v) is 4.84. The lowest BCUT2D eigenvalue weighted by Crippen LogP contribution is -1.85. The Morgan fingerprint density at radius 3 is 2.53 bits per heavy atom. The Kier molecular flexibility index (Phi) is 3.11. The molecule has 0 unspecified atom stereocenters. The molecule has 0 aliphatic carbocycles. The Bertz CT molecular complexity index is 420. The average Bonchev–Trinajstić information content (AvgIpc) is 2.68. The Balaban J connectivity index is 2.12. The molecule has 0 aliphatic heterocycles.